The van der Waals surface area contributed by atoms with Crippen LogP contribution in [0.25, 0.3) is 0 Å². The van der Waals surface area contributed by atoms with E-state index >= 15 is 0 Å². The summed E-state index contributed by atoms with van der Waals surface area (Å²) in [5.74, 6) is -1.22. The van der Waals surface area contributed by atoms with Gasteiger partial charge < -0.3 is 14.2 Å². The molecule has 1 aromatic heterocycles. The molecule has 3 rings (SSSR count). The fourth-order valence-corrected chi connectivity index (χ4v) is 4.48. The Morgan fingerprint density at radius 1 is 1.13 bits per heavy atom. The molecule has 2 aromatic rings. The van der Waals surface area contributed by atoms with Crippen LogP contribution in [-0.4, -0.2) is 40.8 Å². The number of hydrogen-bond donors (Lipinski definition) is 0. The van der Waals surface area contributed by atoms with Crippen molar-refractivity contribution >= 4 is 17.7 Å². The number of benzene rings is 1. The Hall–Kier alpha value is -2.96. The molecule has 7 heteroatoms. The minimum Gasteiger partial charge on any atom is -0.464 e. The molecular formula is C24H29FN2O4. The van der Waals surface area contributed by atoms with E-state index in [4.69, 9.17) is 4.74 Å². The van der Waals surface area contributed by atoms with Crippen molar-refractivity contribution < 1.29 is 23.5 Å². The van der Waals surface area contributed by atoms with Crippen LogP contribution in [0.1, 0.15) is 63.4 Å². The SMILES string of the molecule is COC(=O)c1c(C)c(C(=O)CN(Cc2ccc(F)cc2)C(=O)C2CCCC2)c(C)n1C. The van der Waals surface area contributed by atoms with Crippen molar-refractivity contribution in [2.75, 3.05) is 13.7 Å². The lowest BCUT2D eigenvalue weighted by Gasteiger charge is -2.25. The first-order chi connectivity index (χ1) is 14.7. The fourth-order valence-electron chi connectivity index (χ4n) is 4.48. The zero-order chi connectivity index (χ0) is 22.7. The summed E-state index contributed by atoms with van der Waals surface area (Å²) in [5, 5.41) is 0. The minimum absolute atomic E-state index is 0.0467. The molecular weight excluding hydrogens is 399 g/mol. The van der Waals surface area contributed by atoms with Crippen LogP contribution in [0.15, 0.2) is 24.3 Å². The van der Waals surface area contributed by atoms with Crippen molar-refractivity contribution in [3.63, 3.8) is 0 Å². The quantitative estimate of drug-likeness (QED) is 0.494. The molecule has 0 saturated heterocycles. The number of nitrogens with zero attached hydrogens (tertiary/aromatic N) is 2. The molecule has 1 aliphatic carbocycles. The van der Waals surface area contributed by atoms with Crippen molar-refractivity contribution in [1.82, 2.24) is 9.47 Å². The van der Waals surface area contributed by atoms with Crippen LogP contribution in [0.2, 0.25) is 0 Å². The Labute approximate surface area is 182 Å². The van der Waals surface area contributed by atoms with Crippen LogP contribution in [0.4, 0.5) is 4.39 Å². The van der Waals surface area contributed by atoms with Crippen LogP contribution in [-0.2, 0) is 23.1 Å². The van der Waals surface area contributed by atoms with Crippen LogP contribution in [0.5, 0.6) is 0 Å². The van der Waals surface area contributed by atoms with Crippen LogP contribution in [0, 0.1) is 25.6 Å². The second-order valence-electron chi connectivity index (χ2n) is 8.21. The van der Waals surface area contributed by atoms with E-state index in [1.165, 1.54) is 19.2 Å². The average Bonchev–Trinajstić information content (AvgIpc) is 3.35. The summed E-state index contributed by atoms with van der Waals surface area (Å²) in [6, 6.07) is 5.96. The van der Waals surface area contributed by atoms with Gasteiger partial charge in [0.2, 0.25) is 5.91 Å². The van der Waals surface area contributed by atoms with E-state index in [-0.39, 0.29) is 36.5 Å². The summed E-state index contributed by atoms with van der Waals surface area (Å²) in [6.07, 6.45) is 3.66. The van der Waals surface area contributed by atoms with E-state index in [9.17, 15) is 18.8 Å². The Balaban J connectivity index is 1.90. The largest absolute Gasteiger partial charge is 0.464 e. The highest BCUT2D eigenvalue weighted by Gasteiger charge is 2.31. The van der Waals surface area contributed by atoms with Crippen molar-refractivity contribution in [2.45, 2.75) is 46.1 Å². The van der Waals surface area contributed by atoms with Gasteiger partial charge in [-0.1, -0.05) is 25.0 Å². The summed E-state index contributed by atoms with van der Waals surface area (Å²) < 4.78 is 19.8. The number of ether oxygens (including phenoxy) is 1. The summed E-state index contributed by atoms with van der Waals surface area (Å²) in [7, 11) is 3.02. The second kappa shape index (κ2) is 9.45. The van der Waals surface area contributed by atoms with E-state index in [1.54, 1.807) is 42.5 Å². The smallest absolute Gasteiger partial charge is 0.354 e. The molecule has 0 radical (unpaired) electrons. The second-order valence-corrected chi connectivity index (χ2v) is 8.21. The number of Topliss-reactive ketones (excluding diaryl/α,β-unsaturated/α-hetero) is 1. The van der Waals surface area contributed by atoms with Crippen molar-refractivity contribution in [3.05, 3.63) is 58.2 Å². The predicted molar refractivity (Wildman–Crippen MR) is 114 cm³/mol. The number of amides is 1. The van der Waals surface area contributed by atoms with Crippen LogP contribution >= 0.6 is 0 Å². The topological polar surface area (TPSA) is 68.6 Å². The van der Waals surface area contributed by atoms with Gasteiger partial charge in [0.1, 0.15) is 11.5 Å². The van der Waals surface area contributed by atoms with Gasteiger partial charge in [0, 0.05) is 30.8 Å². The van der Waals surface area contributed by atoms with Crippen molar-refractivity contribution in [2.24, 2.45) is 13.0 Å². The number of rotatable bonds is 7. The maximum absolute atomic E-state index is 13.3. The first-order valence-corrected chi connectivity index (χ1v) is 10.5. The molecule has 1 aromatic carbocycles. The van der Waals surface area contributed by atoms with Gasteiger partial charge in [0.25, 0.3) is 0 Å². The first kappa shape index (κ1) is 22.7. The third-order valence-electron chi connectivity index (χ3n) is 6.23. The van der Waals surface area contributed by atoms with Crippen molar-refractivity contribution in [3.8, 4) is 0 Å². The maximum atomic E-state index is 13.3. The Morgan fingerprint density at radius 2 is 1.74 bits per heavy atom. The maximum Gasteiger partial charge on any atom is 0.354 e. The molecule has 0 N–H and O–H groups in total. The van der Waals surface area contributed by atoms with Gasteiger partial charge in [0.05, 0.1) is 13.7 Å². The lowest BCUT2D eigenvalue weighted by atomic mass is 10.0. The Bertz CT molecular complexity index is 988. The van der Waals surface area contributed by atoms with Gasteiger partial charge in [-0.3, -0.25) is 9.59 Å². The third-order valence-corrected chi connectivity index (χ3v) is 6.23. The molecule has 0 bridgehead atoms. The van der Waals surface area contributed by atoms with E-state index in [1.807, 2.05) is 0 Å². The van der Waals surface area contributed by atoms with Gasteiger partial charge in [0.15, 0.2) is 5.78 Å². The highest BCUT2D eigenvalue weighted by Crippen LogP contribution is 2.28. The van der Waals surface area contributed by atoms with Gasteiger partial charge >= 0.3 is 5.97 Å². The van der Waals surface area contributed by atoms with E-state index in [0.29, 0.717) is 22.5 Å². The Morgan fingerprint density at radius 3 is 2.32 bits per heavy atom. The molecule has 1 amide bonds. The van der Waals surface area contributed by atoms with Gasteiger partial charge in [-0.15, -0.1) is 0 Å². The normalized spacial score (nSPS) is 14.0. The van der Waals surface area contributed by atoms with E-state index in [2.05, 4.69) is 0 Å². The number of carbonyl (C=O) groups excluding carboxylic acids is 3. The number of ketones is 1. The number of carbonyl (C=O) groups is 3. The Kier molecular flexibility index (Phi) is 6.93. The molecule has 1 fully saturated rings. The summed E-state index contributed by atoms with van der Waals surface area (Å²) in [6.45, 7) is 3.63. The van der Waals surface area contributed by atoms with Crippen LogP contribution < -0.4 is 0 Å². The van der Waals surface area contributed by atoms with Gasteiger partial charge in [-0.25, -0.2) is 9.18 Å². The minimum atomic E-state index is -0.507. The number of halogens is 1. The molecule has 0 unspecified atom stereocenters. The molecule has 0 atom stereocenters. The number of hydrogen-bond acceptors (Lipinski definition) is 4. The van der Waals surface area contributed by atoms with Crippen LogP contribution in [0.3, 0.4) is 0 Å². The molecule has 1 aliphatic rings. The molecule has 0 aliphatic heterocycles. The molecule has 31 heavy (non-hydrogen) atoms. The summed E-state index contributed by atoms with van der Waals surface area (Å²) >= 11 is 0. The average molecular weight is 429 g/mol. The first-order valence-electron chi connectivity index (χ1n) is 10.5. The molecule has 0 spiro atoms. The monoisotopic (exact) mass is 428 g/mol. The highest BCUT2D eigenvalue weighted by atomic mass is 19.1. The summed E-state index contributed by atoms with van der Waals surface area (Å²) in [5.41, 5.74) is 2.73. The number of esters is 1. The number of aromatic nitrogens is 1. The van der Waals surface area contributed by atoms with E-state index in [0.717, 1.165) is 31.2 Å². The molecule has 166 valence electrons. The zero-order valence-corrected chi connectivity index (χ0v) is 18.5. The lowest BCUT2D eigenvalue weighted by molar-refractivity contribution is -0.135. The molecule has 6 nitrogen and oxygen atoms in total. The zero-order valence-electron chi connectivity index (χ0n) is 18.5. The summed E-state index contributed by atoms with van der Waals surface area (Å²) in [4.78, 5) is 40.2. The lowest BCUT2D eigenvalue weighted by Crippen LogP contribution is -2.38. The fraction of sp³-hybridized carbons (Fsp3) is 0.458. The molecule has 1 heterocycles. The standard InChI is InChI=1S/C24H29FN2O4/c1-15-21(16(2)26(3)22(15)24(30)31-4)20(28)14-27(23(29)18-7-5-6-8-18)13-17-9-11-19(25)12-10-17/h9-12,18H,5-8,13-14H2,1-4H3. The van der Waals surface area contributed by atoms with Crippen molar-refractivity contribution in [1.29, 1.82) is 0 Å². The highest BCUT2D eigenvalue weighted by molar-refractivity contribution is 6.04. The molecule has 1 saturated carbocycles. The predicted octanol–water partition coefficient (Wildman–Crippen LogP) is 3.97. The van der Waals surface area contributed by atoms with Gasteiger partial charge in [-0.2, -0.15) is 0 Å². The van der Waals surface area contributed by atoms with Gasteiger partial charge in [-0.05, 0) is 49.9 Å². The third kappa shape index (κ3) is 4.70. The number of methoxy groups -OCH3 is 1. The van der Waals surface area contributed by atoms with E-state index < -0.39 is 5.97 Å².